The Hall–Kier alpha value is -2.64. The van der Waals surface area contributed by atoms with Crippen molar-refractivity contribution in [1.82, 2.24) is 9.80 Å². The number of likely N-dealkylation sites (N-methyl/N-ethyl adjacent to an activating group) is 2. The lowest BCUT2D eigenvalue weighted by atomic mass is 9.97. The van der Waals surface area contributed by atoms with Gasteiger partial charge in [-0.05, 0) is 44.6 Å². The van der Waals surface area contributed by atoms with Crippen LogP contribution in [0.5, 0.6) is 11.5 Å². The van der Waals surface area contributed by atoms with Gasteiger partial charge in [-0.3, -0.25) is 10.1 Å². The molecule has 0 amide bonds. The molecule has 4 rings (SSSR count). The van der Waals surface area contributed by atoms with Crippen molar-refractivity contribution in [1.29, 1.82) is 0 Å². The number of nitro groups is 1. The topological polar surface area (TPSA) is 68.1 Å². The van der Waals surface area contributed by atoms with Crippen LogP contribution in [0.25, 0.3) is 0 Å². The zero-order valence-corrected chi connectivity index (χ0v) is 17.6. The standard InChI is InChI=1S/C11H14N2O3.C11H15NO/c1-12-6-5-8-9(7-12)11(16-2)4-3-10(8)13(14)15;1-12-7-6-9-4-3-5-11(13-2)10(9)8-12/h3-4H,5-7H2,1-2H3;3-5H,6-8H2,1-2H3. The van der Waals surface area contributed by atoms with Crippen LogP contribution < -0.4 is 9.47 Å². The average molecular weight is 399 g/mol. The van der Waals surface area contributed by atoms with Gasteiger partial charge in [-0.2, -0.15) is 0 Å². The van der Waals surface area contributed by atoms with E-state index in [2.05, 4.69) is 29.0 Å². The van der Waals surface area contributed by atoms with Crippen LogP contribution >= 0.6 is 0 Å². The predicted octanol–water partition coefficient (Wildman–Crippen LogP) is 3.27. The first-order valence-electron chi connectivity index (χ1n) is 9.79. The molecule has 2 aliphatic rings. The van der Waals surface area contributed by atoms with E-state index in [-0.39, 0.29) is 10.6 Å². The van der Waals surface area contributed by atoms with Crippen LogP contribution in [0.4, 0.5) is 5.69 Å². The van der Waals surface area contributed by atoms with Crippen molar-refractivity contribution in [3.8, 4) is 11.5 Å². The van der Waals surface area contributed by atoms with Crippen LogP contribution in [-0.2, 0) is 25.9 Å². The summed E-state index contributed by atoms with van der Waals surface area (Å²) in [5, 5.41) is 10.9. The summed E-state index contributed by atoms with van der Waals surface area (Å²) in [6.07, 6.45) is 1.85. The number of nitrogens with zero attached hydrogens (tertiary/aromatic N) is 3. The van der Waals surface area contributed by atoms with Crippen molar-refractivity contribution in [2.45, 2.75) is 25.9 Å². The number of hydrogen-bond acceptors (Lipinski definition) is 6. The summed E-state index contributed by atoms with van der Waals surface area (Å²) >= 11 is 0. The lowest BCUT2D eigenvalue weighted by molar-refractivity contribution is -0.385. The molecule has 0 radical (unpaired) electrons. The number of ether oxygens (including phenoxy) is 2. The third-order valence-electron chi connectivity index (χ3n) is 5.59. The molecule has 0 saturated carbocycles. The monoisotopic (exact) mass is 399 g/mol. The van der Waals surface area contributed by atoms with Gasteiger partial charge in [-0.25, -0.2) is 0 Å². The average Bonchev–Trinajstić information content (AvgIpc) is 2.72. The Morgan fingerprint density at radius 1 is 0.862 bits per heavy atom. The van der Waals surface area contributed by atoms with Crippen LogP contribution in [0.1, 0.15) is 22.3 Å². The molecule has 2 aliphatic heterocycles. The molecule has 7 nitrogen and oxygen atoms in total. The third-order valence-corrected chi connectivity index (χ3v) is 5.59. The van der Waals surface area contributed by atoms with Gasteiger partial charge in [0.15, 0.2) is 0 Å². The third kappa shape index (κ3) is 4.68. The van der Waals surface area contributed by atoms with Crippen LogP contribution in [0.15, 0.2) is 30.3 Å². The molecule has 0 aromatic heterocycles. The number of rotatable bonds is 3. The Labute approximate surface area is 172 Å². The van der Waals surface area contributed by atoms with Crippen molar-refractivity contribution in [3.05, 3.63) is 62.7 Å². The predicted molar refractivity (Wildman–Crippen MR) is 113 cm³/mol. The highest BCUT2D eigenvalue weighted by atomic mass is 16.6. The van der Waals surface area contributed by atoms with Crippen LogP contribution in [0, 0.1) is 10.1 Å². The molecule has 0 saturated heterocycles. The molecule has 0 N–H and O–H groups in total. The Morgan fingerprint density at radius 2 is 1.48 bits per heavy atom. The highest BCUT2D eigenvalue weighted by Gasteiger charge is 2.25. The van der Waals surface area contributed by atoms with Gasteiger partial charge in [0, 0.05) is 48.9 Å². The Balaban J connectivity index is 0.000000169. The van der Waals surface area contributed by atoms with Gasteiger partial charge in [-0.15, -0.1) is 0 Å². The van der Waals surface area contributed by atoms with E-state index < -0.39 is 0 Å². The fourth-order valence-electron chi connectivity index (χ4n) is 4.00. The fourth-order valence-corrected chi connectivity index (χ4v) is 4.00. The maximum atomic E-state index is 10.9. The summed E-state index contributed by atoms with van der Waals surface area (Å²) in [6.45, 7) is 3.72. The van der Waals surface area contributed by atoms with E-state index in [1.807, 2.05) is 13.1 Å². The maximum absolute atomic E-state index is 10.9. The van der Waals surface area contributed by atoms with E-state index in [9.17, 15) is 10.1 Å². The van der Waals surface area contributed by atoms with E-state index in [1.54, 1.807) is 20.3 Å². The van der Waals surface area contributed by atoms with E-state index in [1.165, 1.54) is 17.2 Å². The number of fused-ring (bicyclic) bond motifs is 2. The smallest absolute Gasteiger partial charge is 0.273 e. The second-order valence-electron chi connectivity index (χ2n) is 7.57. The largest absolute Gasteiger partial charge is 0.496 e. The maximum Gasteiger partial charge on any atom is 0.273 e. The van der Waals surface area contributed by atoms with E-state index in [4.69, 9.17) is 9.47 Å². The molecule has 0 unspecified atom stereocenters. The highest BCUT2D eigenvalue weighted by molar-refractivity contribution is 5.53. The zero-order valence-electron chi connectivity index (χ0n) is 17.6. The molecule has 2 aromatic rings. The van der Waals surface area contributed by atoms with Gasteiger partial charge in [0.05, 0.1) is 19.1 Å². The van der Waals surface area contributed by atoms with Crippen LogP contribution in [0.3, 0.4) is 0 Å². The van der Waals surface area contributed by atoms with Crippen LogP contribution in [-0.4, -0.2) is 56.1 Å². The van der Waals surface area contributed by atoms with Gasteiger partial charge < -0.3 is 19.3 Å². The van der Waals surface area contributed by atoms with Gasteiger partial charge in [0.2, 0.25) is 0 Å². The zero-order chi connectivity index (χ0) is 21.0. The Kier molecular flexibility index (Phi) is 6.71. The SMILES string of the molecule is COc1ccc([N+](=O)[O-])c2c1CN(C)CC2.COc1cccc2c1CN(C)CC2. The van der Waals surface area contributed by atoms with Crippen molar-refractivity contribution < 1.29 is 14.4 Å². The summed E-state index contributed by atoms with van der Waals surface area (Å²) in [4.78, 5) is 15.0. The van der Waals surface area contributed by atoms with Crippen molar-refractivity contribution in [2.24, 2.45) is 0 Å². The first-order chi connectivity index (χ1) is 13.9. The summed E-state index contributed by atoms with van der Waals surface area (Å²) in [5.74, 6) is 1.77. The number of nitro benzene ring substituents is 1. The summed E-state index contributed by atoms with van der Waals surface area (Å²) in [6, 6.07) is 9.52. The lowest BCUT2D eigenvalue weighted by Gasteiger charge is -2.26. The number of methoxy groups -OCH3 is 2. The van der Waals surface area contributed by atoms with Crippen molar-refractivity contribution in [3.63, 3.8) is 0 Å². The normalized spacial score (nSPS) is 16.1. The molecule has 156 valence electrons. The summed E-state index contributed by atoms with van der Waals surface area (Å²) in [5.41, 5.74) is 4.79. The molecule has 7 heteroatoms. The minimum Gasteiger partial charge on any atom is -0.496 e. The molecular formula is C22H29N3O4. The minimum absolute atomic E-state index is 0.212. The molecular weight excluding hydrogens is 370 g/mol. The lowest BCUT2D eigenvalue weighted by Crippen LogP contribution is -2.27. The summed E-state index contributed by atoms with van der Waals surface area (Å²) in [7, 11) is 7.48. The molecule has 0 aliphatic carbocycles. The minimum atomic E-state index is -0.316. The molecule has 2 heterocycles. The van der Waals surface area contributed by atoms with E-state index in [0.29, 0.717) is 13.0 Å². The Morgan fingerprint density at radius 3 is 2.14 bits per heavy atom. The second-order valence-corrected chi connectivity index (χ2v) is 7.57. The molecule has 0 bridgehead atoms. The molecule has 0 spiro atoms. The first kappa shape index (κ1) is 21.1. The number of benzene rings is 2. The van der Waals surface area contributed by atoms with Crippen molar-refractivity contribution >= 4 is 5.69 Å². The molecule has 0 atom stereocenters. The van der Waals surface area contributed by atoms with E-state index >= 15 is 0 Å². The number of hydrogen-bond donors (Lipinski definition) is 0. The van der Waals surface area contributed by atoms with Gasteiger partial charge in [0.25, 0.3) is 5.69 Å². The Bertz CT molecular complexity index is 870. The quantitative estimate of drug-likeness (QED) is 0.583. The second kappa shape index (κ2) is 9.24. The molecule has 0 fully saturated rings. The highest BCUT2D eigenvalue weighted by Crippen LogP contribution is 2.34. The molecule has 2 aromatic carbocycles. The van der Waals surface area contributed by atoms with Crippen molar-refractivity contribution in [2.75, 3.05) is 41.4 Å². The van der Waals surface area contributed by atoms with E-state index in [0.717, 1.165) is 48.7 Å². The molecule has 29 heavy (non-hydrogen) atoms. The first-order valence-corrected chi connectivity index (χ1v) is 9.79. The fraction of sp³-hybridized carbons (Fsp3) is 0.455. The summed E-state index contributed by atoms with van der Waals surface area (Å²) < 4.78 is 10.6. The van der Waals surface area contributed by atoms with Crippen LogP contribution in [0.2, 0.25) is 0 Å². The van der Waals surface area contributed by atoms with Gasteiger partial charge in [-0.1, -0.05) is 12.1 Å². The van der Waals surface area contributed by atoms with Gasteiger partial charge >= 0.3 is 0 Å². The van der Waals surface area contributed by atoms with Gasteiger partial charge in [0.1, 0.15) is 11.5 Å².